The van der Waals surface area contributed by atoms with Crippen LogP contribution in [-0.2, 0) is 16.1 Å². The minimum atomic E-state index is -0.544. The number of benzene rings is 3. The summed E-state index contributed by atoms with van der Waals surface area (Å²) in [4.78, 5) is 16.7. The molecule has 3 aromatic rings. The summed E-state index contributed by atoms with van der Waals surface area (Å²) in [5, 5.41) is 0.460. The van der Waals surface area contributed by atoms with Gasteiger partial charge in [-0.1, -0.05) is 35.9 Å². The first-order valence-electron chi connectivity index (χ1n) is 10.1. The van der Waals surface area contributed by atoms with Gasteiger partial charge in [-0.3, -0.25) is 0 Å². The Morgan fingerprint density at radius 3 is 2.70 bits per heavy atom. The molecule has 0 amide bonds. The summed E-state index contributed by atoms with van der Waals surface area (Å²) < 4.78 is 19.1. The topological polar surface area (TPSA) is 57.1 Å². The number of carbonyl (C=O) groups is 1. The van der Waals surface area contributed by atoms with Crippen molar-refractivity contribution in [1.29, 1.82) is 0 Å². The fourth-order valence-corrected chi connectivity index (χ4v) is 4.57. The molecule has 4 rings (SSSR count). The molecule has 0 aliphatic carbocycles. The Bertz CT molecular complexity index is 1280. The smallest absolute Gasteiger partial charge is 0.363 e. The van der Waals surface area contributed by atoms with Crippen LogP contribution in [0.3, 0.4) is 0 Å². The molecule has 0 aromatic heterocycles. The van der Waals surface area contributed by atoms with E-state index in [-0.39, 0.29) is 11.6 Å². The third-order valence-electron chi connectivity index (χ3n) is 4.63. The van der Waals surface area contributed by atoms with E-state index in [0.29, 0.717) is 45.3 Å². The monoisotopic (exact) mass is 637 g/mol. The van der Waals surface area contributed by atoms with Gasteiger partial charge in [0.2, 0.25) is 5.90 Å². The largest absolute Gasteiger partial charge is 0.490 e. The maximum atomic E-state index is 12.4. The van der Waals surface area contributed by atoms with Crippen molar-refractivity contribution in [2.75, 3.05) is 6.61 Å². The highest BCUT2D eigenvalue weighted by atomic mass is 127. The third kappa shape index (κ3) is 5.77. The Labute approximate surface area is 218 Å². The lowest BCUT2D eigenvalue weighted by molar-refractivity contribution is -0.129. The molecule has 0 spiro atoms. The van der Waals surface area contributed by atoms with Gasteiger partial charge in [-0.05, 0) is 99.0 Å². The maximum absolute atomic E-state index is 12.4. The van der Waals surface area contributed by atoms with Crippen LogP contribution >= 0.6 is 50.1 Å². The highest BCUT2D eigenvalue weighted by molar-refractivity contribution is 14.1. The lowest BCUT2D eigenvalue weighted by Crippen LogP contribution is -2.05. The second-order valence-corrected chi connectivity index (χ2v) is 9.50. The van der Waals surface area contributed by atoms with Crippen molar-refractivity contribution in [2.45, 2.75) is 13.5 Å². The van der Waals surface area contributed by atoms with Gasteiger partial charge in [0.1, 0.15) is 6.61 Å². The average Bonchev–Trinajstić information content (AvgIpc) is 3.13. The molecule has 33 heavy (non-hydrogen) atoms. The minimum absolute atomic E-state index is 0.173. The standard InChI is InChI=1S/C25H18BrClINO4/c1-2-31-22-13-16(11-19(26)23(22)32-14-15-6-5-7-17(28)10-15)12-21-25(30)33-24(29-21)18-8-3-4-9-20(18)27/h3-13H,2,14H2,1H3/b21-12-. The van der Waals surface area contributed by atoms with Gasteiger partial charge < -0.3 is 14.2 Å². The summed E-state index contributed by atoms with van der Waals surface area (Å²) in [5.74, 6) is 0.787. The molecule has 1 aliphatic rings. The van der Waals surface area contributed by atoms with Crippen LogP contribution in [0.4, 0.5) is 0 Å². The van der Waals surface area contributed by atoms with Crippen molar-refractivity contribution in [3.05, 3.63) is 96.1 Å². The van der Waals surface area contributed by atoms with Crippen LogP contribution in [0.5, 0.6) is 11.5 Å². The summed E-state index contributed by atoms with van der Waals surface area (Å²) in [7, 11) is 0. The summed E-state index contributed by atoms with van der Waals surface area (Å²) in [6, 6.07) is 18.8. The number of nitrogens with zero attached hydrogens (tertiary/aromatic N) is 1. The molecule has 0 N–H and O–H groups in total. The quantitative estimate of drug-likeness (QED) is 0.159. The van der Waals surface area contributed by atoms with Crippen LogP contribution in [0.1, 0.15) is 23.6 Å². The second kappa shape index (κ2) is 10.7. The number of hydrogen-bond donors (Lipinski definition) is 0. The number of ether oxygens (including phenoxy) is 3. The van der Waals surface area contributed by atoms with Gasteiger partial charge in [-0.15, -0.1) is 0 Å². The molecule has 8 heteroatoms. The second-order valence-electron chi connectivity index (χ2n) is 7.00. The molecular weight excluding hydrogens is 621 g/mol. The molecule has 0 atom stereocenters. The van der Waals surface area contributed by atoms with Crippen LogP contribution in [0.15, 0.2) is 75.8 Å². The molecule has 0 radical (unpaired) electrons. The molecule has 0 saturated heterocycles. The molecule has 3 aromatic carbocycles. The number of aliphatic imine (C=N–C) groups is 1. The minimum Gasteiger partial charge on any atom is -0.490 e. The Balaban J connectivity index is 1.62. The zero-order chi connectivity index (χ0) is 23.4. The Hall–Kier alpha value is -2.36. The van der Waals surface area contributed by atoms with E-state index >= 15 is 0 Å². The molecule has 0 fully saturated rings. The van der Waals surface area contributed by atoms with Gasteiger partial charge in [0.05, 0.1) is 21.7 Å². The van der Waals surface area contributed by atoms with Gasteiger partial charge in [0.25, 0.3) is 0 Å². The van der Waals surface area contributed by atoms with Crippen LogP contribution in [0.2, 0.25) is 5.02 Å². The van der Waals surface area contributed by atoms with Crippen LogP contribution in [-0.4, -0.2) is 18.5 Å². The molecule has 168 valence electrons. The number of halogens is 3. The van der Waals surface area contributed by atoms with E-state index in [9.17, 15) is 4.79 Å². The van der Waals surface area contributed by atoms with Crippen molar-refractivity contribution in [1.82, 2.24) is 0 Å². The normalized spacial score (nSPS) is 14.2. The van der Waals surface area contributed by atoms with E-state index in [0.717, 1.165) is 9.13 Å². The van der Waals surface area contributed by atoms with Crippen molar-refractivity contribution in [3.63, 3.8) is 0 Å². The Morgan fingerprint density at radius 1 is 1.12 bits per heavy atom. The fourth-order valence-electron chi connectivity index (χ4n) is 3.17. The predicted molar refractivity (Wildman–Crippen MR) is 141 cm³/mol. The Morgan fingerprint density at radius 2 is 1.94 bits per heavy atom. The zero-order valence-corrected chi connectivity index (χ0v) is 22.0. The first-order chi connectivity index (χ1) is 15.9. The third-order valence-corrected chi connectivity index (χ3v) is 6.22. The van der Waals surface area contributed by atoms with Gasteiger partial charge in [-0.2, -0.15) is 0 Å². The lowest BCUT2D eigenvalue weighted by Gasteiger charge is -2.15. The molecule has 0 saturated carbocycles. The fraction of sp³-hybridized carbons (Fsp3) is 0.120. The zero-order valence-electron chi connectivity index (χ0n) is 17.5. The van der Waals surface area contributed by atoms with Gasteiger partial charge in [-0.25, -0.2) is 9.79 Å². The van der Waals surface area contributed by atoms with E-state index in [2.05, 4.69) is 49.6 Å². The summed E-state index contributed by atoms with van der Waals surface area (Å²) in [6.07, 6.45) is 1.64. The number of carbonyl (C=O) groups excluding carboxylic acids is 1. The van der Waals surface area contributed by atoms with Crippen molar-refractivity contribution in [3.8, 4) is 11.5 Å². The molecule has 0 bridgehead atoms. The van der Waals surface area contributed by atoms with E-state index < -0.39 is 5.97 Å². The molecule has 1 heterocycles. The van der Waals surface area contributed by atoms with Gasteiger partial charge in [0, 0.05) is 3.57 Å². The van der Waals surface area contributed by atoms with Gasteiger partial charge in [0.15, 0.2) is 17.2 Å². The first kappa shape index (κ1) is 23.8. The predicted octanol–water partition coefficient (Wildman–Crippen LogP) is 7.03. The number of cyclic esters (lactones) is 1. The number of hydrogen-bond acceptors (Lipinski definition) is 5. The van der Waals surface area contributed by atoms with E-state index in [1.165, 1.54) is 0 Å². The van der Waals surface area contributed by atoms with Crippen molar-refractivity contribution in [2.24, 2.45) is 4.99 Å². The highest BCUT2D eigenvalue weighted by Gasteiger charge is 2.25. The SMILES string of the molecule is CCOc1cc(/C=C2\N=C(c3ccccc3Cl)OC2=O)cc(Br)c1OCc1cccc(I)c1. The molecule has 5 nitrogen and oxygen atoms in total. The maximum Gasteiger partial charge on any atom is 0.363 e. The molecule has 1 aliphatic heterocycles. The van der Waals surface area contributed by atoms with Gasteiger partial charge >= 0.3 is 5.97 Å². The van der Waals surface area contributed by atoms with E-state index in [4.69, 9.17) is 25.8 Å². The lowest BCUT2D eigenvalue weighted by atomic mass is 10.1. The van der Waals surface area contributed by atoms with Crippen LogP contribution in [0.25, 0.3) is 6.08 Å². The van der Waals surface area contributed by atoms with Crippen LogP contribution in [0, 0.1) is 3.57 Å². The number of rotatable bonds is 7. The Kier molecular flexibility index (Phi) is 7.72. The van der Waals surface area contributed by atoms with E-state index in [1.54, 1.807) is 30.3 Å². The highest BCUT2D eigenvalue weighted by Crippen LogP contribution is 2.38. The van der Waals surface area contributed by atoms with Crippen molar-refractivity contribution < 1.29 is 19.0 Å². The summed E-state index contributed by atoms with van der Waals surface area (Å²) in [6.45, 7) is 2.76. The summed E-state index contributed by atoms with van der Waals surface area (Å²) >= 11 is 12.1. The first-order valence-corrected chi connectivity index (χ1v) is 12.3. The van der Waals surface area contributed by atoms with Crippen LogP contribution < -0.4 is 9.47 Å². The van der Waals surface area contributed by atoms with Crippen molar-refractivity contribution >= 4 is 68.1 Å². The molecular formula is C25H18BrClINO4. The molecule has 0 unspecified atom stereocenters. The average molecular weight is 639 g/mol. The van der Waals surface area contributed by atoms with E-state index in [1.807, 2.05) is 37.3 Å². The summed E-state index contributed by atoms with van der Waals surface area (Å²) in [5.41, 5.74) is 2.50. The number of esters is 1.